The largest absolute Gasteiger partial charge is 0.261 e. The molecule has 0 bridgehead atoms. The molecule has 0 fully saturated rings. The van der Waals surface area contributed by atoms with Crippen molar-refractivity contribution in [3.63, 3.8) is 0 Å². The highest BCUT2D eigenvalue weighted by Crippen LogP contribution is 1.98. The van der Waals surface area contributed by atoms with Gasteiger partial charge < -0.3 is 0 Å². The van der Waals surface area contributed by atoms with Crippen molar-refractivity contribution in [3.05, 3.63) is 37.6 Å². The predicted molar refractivity (Wildman–Crippen MR) is 51.8 cm³/mol. The smallest absolute Gasteiger partial charge is 0.0423 e. The predicted octanol–water partition coefficient (Wildman–Crippen LogP) is 2.97. The van der Waals surface area contributed by atoms with Gasteiger partial charge in [-0.3, -0.25) is 4.99 Å². The minimum absolute atomic E-state index is 0.432. The molecule has 0 heterocycles. The van der Waals surface area contributed by atoms with Gasteiger partial charge in [-0.15, -0.1) is 0 Å². The summed E-state index contributed by atoms with van der Waals surface area (Å²) in [5.74, 6) is 0.432. The molecule has 0 rings (SSSR count). The van der Waals surface area contributed by atoms with Crippen LogP contribution in [0.15, 0.2) is 42.6 Å². The Morgan fingerprint density at radius 3 is 2.36 bits per heavy atom. The third-order valence-corrected chi connectivity index (χ3v) is 1.25. The Hall–Kier alpha value is -1.11. The molecular formula is C10H15N. The second kappa shape index (κ2) is 5.66. The number of rotatable bonds is 4. The first kappa shape index (κ1) is 9.89. The van der Waals surface area contributed by atoms with Crippen LogP contribution in [-0.2, 0) is 0 Å². The lowest BCUT2D eigenvalue weighted by Gasteiger charge is -2.01. The van der Waals surface area contributed by atoms with Gasteiger partial charge in [-0.2, -0.15) is 0 Å². The van der Waals surface area contributed by atoms with Crippen molar-refractivity contribution >= 4 is 5.71 Å². The third kappa shape index (κ3) is 4.31. The van der Waals surface area contributed by atoms with E-state index in [9.17, 15) is 0 Å². The van der Waals surface area contributed by atoms with Gasteiger partial charge >= 0.3 is 0 Å². The van der Waals surface area contributed by atoms with Crippen LogP contribution in [0.4, 0.5) is 0 Å². The number of hydrogen-bond donors (Lipinski definition) is 0. The molecule has 60 valence electrons. The molecule has 0 aliphatic carbocycles. The topological polar surface area (TPSA) is 12.4 Å². The Labute approximate surface area is 68.9 Å². The molecule has 0 aromatic rings. The van der Waals surface area contributed by atoms with Crippen LogP contribution in [0.1, 0.15) is 13.8 Å². The lowest BCUT2D eigenvalue weighted by Crippen LogP contribution is -2.01. The fourth-order valence-corrected chi connectivity index (χ4v) is 0.627. The van der Waals surface area contributed by atoms with Crippen molar-refractivity contribution in [2.75, 3.05) is 0 Å². The molecule has 1 nitrogen and oxygen atoms in total. The zero-order valence-corrected chi connectivity index (χ0v) is 7.25. The maximum absolute atomic E-state index is 4.18. The summed E-state index contributed by atoms with van der Waals surface area (Å²) in [7, 11) is 0. The van der Waals surface area contributed by atoms with E-state index in [4.69, 9.17) is 0 Å². The Bertz CT molecular complexity index is 185. The van der Waals surface area contributed by atoms with E-state index in [1.165, 1.54) is 0 Å². The van der Waals surface area contributed by atoms with Gasteiger partial charge in [-0.25, -0.2) is 0 Å². The minimum Gasteiger partial charge on any atom is -0.261 e. The van der Waals surface area contributed by atoms with Gasteiger partial charge in [0.05, 0.1) is 0 Å². The summed E-state index contributed by atoms with van der Waals surface area (Å²) in [6.07, 6.45) is 7.00. The maximum Gasteiger partial charge on any atom is 0.0423 e. The summed E-state index contributed by atoms with van der Waals surface area (Å²) in [6, 6.07) is 0. The molecule has 0 aromatic heterocycles. The Balaban J connectivity index is 4.23. The highest BCUT2D eigenvalue weighted by molar-refractivity contribution is 5.96. The Morgan fingerprint density at radius 2 is 2.00 bits per heavy atom. The fourth-order valence-electron chi connectivity index (χ4n) is 0.627. The molecule has 0 atom stereocenters. The van der Waals surface area contributed by atoms with Gasteiger partial charge in [0.1, 0.15) is 0 Å². The summed E-state index contributed by atoms with van der Waals surface area (Å²) in [5, 5.41) is 0. The molecule has 0 aliphatic rings. The van der Waals surface area contributed by atoms with Crippen molar-refractivity contribution in [3.8, 4) is 0 Å². The van der Waals surface area contributed by atoms with Gasteiger partial charge in [0.15, 0.2) is 0 Å². The second-order valence-electron chi connectivity index (χ2n) is 2.49. The fraction of sp³-hybridized carbons (Fsp3) is 0.300. The zero-order valence-electron chi connectivity index (χ0n) is 7.25. The lowest BCUT2D eigenvalue weighted by molar-refractivity contribution is 0.889. The molecule has 0 amide bonds. The first-order valence-electron chi connectivity index (χ1n) is 3.70. The van der Waals surface area contributed by atoms with Crippen molar-refractivity contribution in [1.82, 2.24) is 0 Å². The highest BCUT2D eigenvalue weighted by atomic mass is 14.7. The monoisotopic (exact) mass is 149 g/mol. The van der Waals surface area contributed by atoms with E-state index in [1.807, 2.05) is 0 Å². The molecule has 1 heteroatoms. The van der Waals surface area contributed by atoms with Crippen LogP contribution in [0.5, 0.6) is 0 Å². The molecule has 0 aliphatic heterocycles. The Morgan fingerprint density at radius 1 is 1.36 bits per heavy atom. The number of nitrogens with zero attached hydrogens (tertiary/aromatic N) is 1. The number of hydrogen-bond acceptors (Lipinski definition) is 1. The maximum atomic E-state index is 4.18. The van der Waals surface area contributed by atoms with Crippen molar-refractivity contribution in [2.45, 2.75) is 13.8 Å². The minimum atomic E-state index is 0.432. The average Bonchev–Trinajstić information content (AvgIpc) is 1.97. The summed E-state index contributed by atoms with van der Waals surface area (Å²) in [4.78, 5) is 4.18. The van der Waals surface area contributed by atoms with E-state index in [2.05, 4.69) is 32.0 Å². The summed E-state index contributed by atoms with van der Waals surface area (Å²) in [6.45, 7) is 11.4. The van der Waals surface area contributed by atoms with E-state index in [0.717, 1.165) is 5.71 Å². The van der Waals surface area contributed by atoms with Gasteiger partial charge in [0, 0.05) is 11.9 Å². The standard InChI is InChI=1S/C10H15N/c1-5-7-8-11-10(6-2)9(3)4/h5-9H,1-2H2,3-4H3/b8-7-,11-10+. The molecule has 0 N–H and O–H groups in total. The molecule has 0 spiro atoms. The highest BCUT2D eigenvalue weighted by Gasteiger charge is 1.96. The van der Waals surface area contributed by atoms with E-state index in [1.54, 1.807) is 24.4 Å². The van der Waals surface area contributed by atoms with Crippen LogP contribution in [0.3, 0.4) is 0 Å². The summed E-state index contributed by atoms with van der Waals surface area (Å²) >= 11 is 0. The van der Waals surface area contributed by atoms with E-state index < -0.39 is 0 Å². The van der Waals surface area contributed by atoms with Crippen LogP contribution < -0.4 is 0 Å². The number of aliphatic imine (C=N–C) groups is 1. The third-order valence-electron chi connectivity index (χ3n) is 1.25. The summed E-state index contributed by atoms with van der Waals surface area (Å²) < 4.78 is 0. The molecule has 0 radical (unpaired) electrons. The first-order valence-corrected chi connectivity index (χ1v) is 3.70. The molecule has 0 unspecified atom stereocenters. The van der Waals surface area contributed by atoms with Gasteiger partial charge in [-0.1, -0.05) is 33.1 Å². The molecule has 0 saturated carbocycles. The van der Waals surface area contributed by atoms with Crippen LogP contribution in [0.2, 0.25) is 0 Å². The number of allylic oxidation sites excluding steroid dienone is 3. The molecular weight excluding hydrogens is 134 g/mol. The van der Waals surface area contributed by atoms with Crippen molar-refractivity contribution in [2.24, 2.45) is 10.9 Å². The average molecular weight is 149 g/mol. The van der Waals surface area contributed by atoms with Gasteiger partial charge in [0.2, 0.25) is 0 Å². The van der Waals surface area contributed by atoms with Crippen molar-refractivity contribution in [1.29, 1.82) is 0 Å². The van der Waals surface area contributed by atoms with Crippen LogP contribution >= 0.6 is 0 Å². The SMILES string of the molecule is C=C/C=C\N=C(/C=C)C(C)C. The zero-order chi connectivity index (χ0) is 8.69. The van der Waals surface area contributed by atoms with E-state index >= 15 is 0 Å². The van der Waals surface area contributed by atoms with Gasteiger partial charge in [0.25, 0.3) is 0 Å². The lowest BCUT2D eigenvalue weighted by atomic mass is 10.1. The van der Waals surface area contributed by atoms with Gasteiger partial charge in [-0.05, 0) is 18.1 Å². The van der Waals surface area contributed by atoms with Crippen LogP contribution in [-0.4, -0.2) is 5.71 Å². The quantitative estimate of drug-likeness (QED) is 0.430. The van der Waals surface area contributed by atoms with E-state index in [0.29, 0.717) is 5.92 Å². The van der Waals surface area contributed by atoms with Crippen molar-refractivity contribution < 1.29 is 0 Å². The summed E-state index contributed by atoms with van der Waals surface area (Å²) in [5.41, 5.74) is 1.00. The molecule has 0 saturated heterocycles. The molecule has 11 heavy (non-hydrogen) atoms. The molecule has 0 aromatic carbocycles. The normalized spacial score (nSPS) is 12.5. The van der Waals surface area contributed by atoms with Crippen LogP contribution in [0, 0.1) is 5.92 Å². The van der Waals surface area contributed by atoms with Crippen LogP contribution in [0.25, 0.3) is 0 Å². The first-order chi connectivity index (χ1) is 5.22. The Kier molecular flexibility index (Phi) is 5.09. The van der Waals surface area contributed by atoms with E-state index in [-0.39, 0.29) is 0 Å². The second-order valence-corrected chi connectivity index (χ2v) is 2.49.